The lowest BCUT2D eigenvalue weighted by Crippen LogP contribution is -2.43. The maximum absolute atomic E-state index is 12.8. The van der Waals surface area contributed by atoms with Crippen LogP contribution in [0, 0.1) is 5.41 Å². The first-order chi connectivity index (χ1) is 11.3. The van der Waals surface area contributed by atoms with Crippen LogP contribution in [0.2, 0.25) is 0 Å². The number of rotatable bonds is 2. The maximum Gasteiger partial charge on any atom is 0.491 e. The van der Waals surface area contributed by atoms with Crippen LogP contribution in [0.25, 0.3) is 0 Å². The van der Waals surface area contributed by atoms with Gasteiger partial charge in [0.25, 0.3) is 0 Å². The van der Waals surface area contributed by atoms with Crippen LogP contribution >= 0.6 is 0 Å². The molecule has 0 amide bonds. The van der Waals surface area contributed by atoms with Crippen molar-refractivity contribution in [1.82, 2.24) is 0 Å². The van der Waals surface area contributed by atoms with Gasteiger partial charge in [-0.1, -0.05) is 30.3 Å². The van der Waals surface area contributed by atoms with Gasteiger partial charge in [-0.2, -0.15) is 13.2 Å². The minimum absolute atomic E-state index is 0.160. The Bertz CT molecular complexity index is 774. The van der Waals surface area contributed by atoms with Crippen LogP contribution in [0.4, 0.5) is 13.2 Å². The summed E-state index contributed by atoms with van der Waals surface area (Å²) in [7, 11) is -1.40. The molecule has 0 saturated carbocycles. The summed E-state index contributed by atoms with van der Waals surface area (Å²) in [5.41, 5.74) is 2.03. The highest BCUT2D eigenvalue weighted by Crippen LogP contribution is 2.32. The molecular formula is C17H15BF3NO2. The molecule has 0 aromatic heterocycles. The van der Waals surface area contributed by atoms with E-state index >= 15 is 0 Å². The van der Waals surface area contributed by atoms with Gasteiger partial charge in [-0.3, -0.25) is 0 Å². The van der Waals surface area contributed by atoms with Crippen molar-refractivity contribution in [3.8, 4) is 0 Å². The highest BCUT2D eigenvalue weighted by atomic mass is 19.4. The van der Waals surface area contributed by atoms with E-state index in [1.54, 1.807) is 31.2 Å². The molecule has 1 heterocycles. The SMILES string of the molecule is CC(=N)c1ccc(C2Cc3ccc(C(F)(F)F)cc3B(O)O2)cc1. The number of benzene rings is 2. The summed E-state index contributed by atoms with van der Waals surface area (Å²) < 4.78 is 43.9. The molecule has 0 aliphatic carbocycles. The molecule has 1 unspecified atom stereocenters. The van der Waals surface area contributed by atoms with Gasteiger partial charge >= 0.3 is 13.3 Å². The maximum atomic E-state index is 12.8. The molecular weight excluding hydrogens is 318 g/mol. The van der Waals surface area contributed by atoms with Crippen LogP contribution < -0.4 is 5.46 Å². The zero-order chi connectivity index (χ0) is 17.5. The molecule has 3 rings (SSSR count). The number of halogens is 3. The minimum Gasteiger partial charge on any atom is -0.423 e. The quantitative estimate of drug-likeness (QED) is 0.655. The van der Waals surface area contributed by atoms with Crippen LogP contribution in [0.1, 0.15) is 35.3 Å². The van der Waals surface area contributed by atoms with E-state index in [9.17, 15) is 18.2 Å². The van der Waals surface area contributed by atoms with Gasteiger partial charge in [0.1, 0.15) is 0 Å². The first-order valence-corrected chi connectivity index (χ1v) is 7.45. The second-order valence-electron chi connectivity index (χ2n) is 5.84. The van der Waals surface area contributed by atoms with Gasteiger partial charge in [-0.15, -0.1) is 0 Å². The monoisotopic (exact) mass is 333 g/mol. The molecule has 1 aliphatic heterocycles. The second kappa shape index (κ2) is 6.07. The standard InChI is InChI=1S/C17H15BF3NO2/c1-10(22)11-2-4-12(5-3-11)16-8-13-6-7-14(17(19,20)21)9-15(13)18(23)24-16/h2-7,9,16,22-23H,8H2,1H3. The number of alkyl halides is 3. The van der Waals surface area contributed by atoms with Crippen molar-refractivity contribution in [3.05, 3.63) is 64.7 Å². The van der Waals surface area contributed by atoms with E-state index in [1.807, 2.05) is 0 Å². The van der Waals surface area contributed by atoms with E-state index in [4.69, 9.17) is 10.1 Å². The first kappa shape index (κ1) is 16.7. The molecule has 1 atom stereocenters. The van der Waals surface area contributed by atoms with Gasteiger partial charge in [0.2, 0.25) is 0 Å². The summed E-state index contributed by atoms with van der Waals surface area (Å²) in [4.78, 5) is 0. The highest BCUT2D eigenvalue weighted by Gasteiger charge is 2.36. The van der Waals surface area contributed by atoms with Crippen LogP contribution in [0.15, 0.2) is 42.5 Å². The third-order valence-corrected chi connectivity index (χ3v) is 4.15. The van der Waals surface area contributed by atoms with E-state index in [0.717, 1.165) is 23.3 Å². The van der Waals surface area contributed by atoms with Gasteiger partial charge in [0, 0.05) is 12.1 Å². The molecule has 24 heavy (non-hydrogen) atoms. The molecule has 0 bridgehead atoms. The summed E-state index contributed by atoms with van der Waals surface area (Å²) >= 11 is 0. The van der Waals surface area contributed by atoms with Crippen LogP contribution in [-0.4, -0.2) is 17.9 Å². The van der Waals surface area contributed by atoms with Crippen molar-refractivity contribution in [1.29, 1.82) is 5.41 Å². The van der Waals surface area contributed by atoms with E-state index in [0.29, 0.717) is 17.7 Å². The van der Waals surface area contributed by atoms with Crippen molar-refractivity contribution >= 4 is 18.3 Å². The average molecular weight is 333 g/mol. The Morgan fingerprint density at radius 1 is 1.21 bits per heavy atom. The average Bonchev–Trinajstić information content (AvgIpc) is 2.53. The van der Waals surface area contributed by atoms with Crippen LogP contribution in [0.3, 0.4) is 0 Å². The molecule has 1 aliphatic rings. The topological polar surface area (TPSA) is 53.3 Å². The molecule has 7 heteroatoms. The Kier molecular flexibility index (Phi) is 4.23. The molecule has 0 spiro atoms. The minimum atomic E-state index is -4.45. The van der Waals surface area contributed by atoms with Gasteiger partial charge < -0.3 is 15.1 Å². The molecule has 2 N–H and O–H groups in total. The van der Waals surface area contributed by atoms with Crippen LogP contribution in [0.5, 0.6) is 0 Å². The van der Waals surface area contributed by atoms with Gasteiger partial charge in [0.05, 0.1) is 11.7 Å². The van der Waals surface area contributed by atoms with E-state index in [-0.39, 0.29) is 5.46 Å². The lowest BCUT2D eigenvalue weighted by Gasteiger charge is -2.28. The zero-order valence-corrected chi connectivity index (χ0v) is 12.9. The Morgan fingerprint density at radius 2 is 1.88 bits per heavy atom. The lowest BCUT2D eigenvalue weighted by atomic mass is 9.71. The Morgan fingerprint density at radius 3 is 2.46 bits per heavy atom. The van der Waals surface area contributed by atoms with Crippen molar-refractivity contribution in [2.75, 3.05) is 0 Å². The van der Waals surface area contributed by atoms with Gasteiger partial charge in [-0.05, 0) is 41.2 Å². The fourth-order valence-corrected chi connectivity index (χ4v) is 2.81. The van der Waals surface area contributed by atoms with Crippen molar-refractivity contribution in [2.45, 2.75) is 25.6 Å². The lowest BCUT2D eigenvalue weighted by molar-refractivity contribution is -0.137. The van der Waals surface area contributed by atoms with Crippen molar-refractivity contribution < 1.29 is 22.8 Å². The van der Waals surface area contributed by atoms with E-state index < -0.39 is 25.0 Å². The molecule has 0 fully saturated rings. The van der Waals surface area contributed by atoms with Gasteiger partial charge in [-0.25, -0.2) is 0 Å². The number of nitrogens with one attached hydrogen (secondary N) is 1. The highest BCUT2D eigenvalue weighted by molar-refractivity contribution is 6.61. The molecule has 3 nitrogen and oxygen atoms in total. The molecule has 2 aromatic rings. The summed E-state index contributed by atoms with van der Waals surface area (Å²) in [5.74, 6) is 0. The van der Waals surface area contributed by atoms with Crippen molar-refractivity contribution in [2.24, 2.45) is 0 Å². The van der Waals surface area contributed by atoms with Crippen LogP contribution in [-0.2, 0) is 17.3 Å². The largest absolute Gasteiger partial charge is 0.491 e. The third-order valence-electron chi connectivity index (χ3n) is 4.15. The fourth-order valence-electron chi connectivity index (χ4n) is 2.81. The summed E-state index contributed by atoms with van der Waals surface area (Å²) in [5, 5.41) is 17.7. The van der Waals surface area contributed by atoms with E-state index in [2.05, 4.69) is 0 Å². The summed E-state index contributed by atoms with van der Waals surface area (Å²) in [6, 6.07) is 10.5. The predicted octanol–water partition coefficient (Wildman–Crippen LogP) is 3.09. The first-order valence-electron chi connectivity index (χ1n) is 7.45. The second-order valence-corrected chi connectivity index (χ2v) is 5.84. The smallest absolute Gasteiger partial charge is 0.423 e. The molecule has 0 radical (unpaired) electrons. The normalized spacial score (nSPS) is 17.5. The molecule has 124 valence electrons. The summed E-state index contributed by atoms with van der Waals surface area (Å²) in [6.45, 7) is 1.68. The third kappa shape index (κ3) is 3.23. The number of hydrogen-bond acceptors (Lipinski definition) is 3. The van der Waals surface area contributed by atoms with Crippen molar-refractivity contribution in [3.63, 3.8) is 0 Å². The summed E-state index contributed by atoms with van der Waals surface area (Å²) in [6.07, 6.45) is -4.51. The molecule has 2 aromatic carbocycles. The van der Waals surface area contributed by atoms with Gasteiger partial charge in [0.15, 0.2) is 0 Å². The predicted molar refractivity (Wildman–Crippen MR) is 85.5 cm³/mol. The Hall–Kier alpha value is -2.12. The number of hydrogen-bond donors (Lipinski definition) is 2. The Labute approximate surface area is 137 Å². The number of fused-ring (bicyclic) bond motifs is 1. The Balaban J connectivity index is 1.88. The fraction of sp³-hybridized carbons (Fsp3) is 0.235. The van der Waals surface area contributed by atoms with E-state index in [1.165, 1.54) is 6.07 Å². The zero-order valence-electron chi connectivity index (χ0n) is 12.9. The molecule has 0 saturated heterocycles.